The number of hydrogen-bond acceptors (Lipinski definition) is 3. The van der Waals surface area contributed by atoms with Crippen molar-refractivity contribution in [2.24, 2.45) is 10.8 Å². The molecule has 0 saturated carbocycles. The summed E-state index contributed by atoms with van der Waals surface area (Å²) in [6.45, 7) is 0. The van der Waals surface area contributed by atoms with Crippen LogP contribution in [-0.2, 0) is 0 Å². The number of rotatable bonds is 3. The van der Waals surface area contributed by atoms with Crippen molar-refractivity contribution in [3.05, 3.63) is 0 Å². The fraction of sp³-hybridized carbons (Fsp3) is 0.800. The van der Waals surface area contributed by atoms with Crippen molar-refractivity contribution < 1.29 is 0 Å². The highest BCUT2D eigenvalue weighted by Crippen LogP contribution is 1.94. The number of hydrazine groups is 1. The third-order valence-electron chi connectivity index (χ3n) is 0.980. The molecule has 0 aromatic rings. The summed E-state index contributed by atoms with van der Waals surface area (Å²) in [5.74, 6) is 7.07. The van der Waals surface area contributed by atoms with Crippen LogP contribution in [0.3, 0.4) is 0 Å². The Balaban J connectivity index is 3.33. The average Bonchev–Trinajstić information content (AvgIpc) is 1.91. The van der Waals surface area contributed by atoms with Crippen molar-refractivity contribution in [2.45, 2.75) is 6.42 Å². The molecule has 0 radical (unpaired) electrons. The predicted octanol–water partition coefficient (Wildman–Crippen LogP) is 0.231. The summed E-state index contributed by atoms with van der Waals surface area (Å²) >= 11 is 1.78. The largest absolute Gasteiger partial charge is 0.312 e. The lowest BCUT2D eigenvalue weighted by Gasteiger charge is -2.00. The molecule has 0 aromatic carbocycles. The summed E-state index contributed by atoms with van der Waals surface area (Å²) in [5, 5.41) is 0. The minimum Gasteiger partial charge on any atom is -0.312 e. The van der Waals surface area contributed by atoms with Gasteiger partial charge in [-0.2, -0.15) is 11.8 Å². The monoisotopic (exact) mass is 147 g/mol. The van der Waals surface area contributed by atoms with Gasteiger partial charge in [0.2, 0.25) is 0 Å². The van der Waals surface area contributed by atoms with Gasteiger partial charge in [-0.3, -0.25) is 4.99 Å². The summed E-state index contributed by atoms with van der Waals surface area (Å²) in [6.07, 6.45) is 2.98. The maximum Gasteiger partial charge on any atom is 0.111 e. The van der Waals surface area contributed by atoms with Crippen LogP contribution in [0.15, 0.2) is 4.99 Å². The first-order valence-electron chi connectivity index (χ1n) is 2.76. The fourth-order valence-electron chi connectivity index (χ4n) is 0.447. The highest BCUT2D eigenvalue weighted by molar-refractivity contribution is 7.98. The van der Waals surface area contributed by atoms with Gasteiger partial charge < -0.3 is 5.43 Å². The number of nitrogens with two attached hydrogens (primary N) is 1. The van der Waals surface area contributed by atoms with E-state index in [0.29, 0.717) is 0 Å². The van der Waals surface area contributed by atoms with Crippen molar-refractivity contribution >= 4 is 17.6 Å². The van der Waals surface area contributed by atoms with Gasteiger partial charge in [0.15, 0.2) is 0 Å². The first kappa shape index (κ1) is 8.78. The lowest BCUT2D eigenvalue weighted by atomic mass is 10.4. The van der Waals surface area contributed by atoms with Crippen LogP contribution >= 0.6 is 11.8 Å². The molecule has 0 aliphatic heterocycles. The second-order valence-corrected chi connectivity index (χ2v) is 2.54. The third kappa shape index (κ3) is 4.29. The van der Waals surface area contributed by atoms with E-state index in [1.165, 1.54) is 0 Å². The second kappa shape index (κ2) is 5.91. The minimum absolute atomic E-state index is 0.865. The Morgan fingerprint density at radius 2 is 2.44 bits per heavy atom. The number of nitrogens with one attached hydrogen (secondary N) is 1. The first-order chi connectivity index (χ1) is 4.35. The van der Waals surface area contributed by atoms with E-state index in [-0.39, 0.29) is 0 Å². The molecule has 3 N–H and O–H groups in total. The molecule has 0 amide bonds. The Kier molecular flexibility index (Phi) is 5.76. The van der Waals surface area contributed by atoms with Gasteiger partial charge in [0, 0.05) is 19.2 Å². The molecule has 4 heteroatoms. The van der Waals surface area contributed by atoms with Crippen LogP contribution in [0.5, 0.6) is 0 Å². The summed E-state index contributed by atoms with van der Waals surface area (Å²) in [7, 11) is 1.73. The van der Waals surface area contributed by atoms with Crippen molar-refractivity contribution in [3.8, 4) is 0 Å². The average molecular weight is 147 g/mol. The van der Waals surface area contributed by atoms with Gasteiger partial charge in [0.1, 0.15) is 5.84 Å². The van der Waals surface area contributed by atoms with Crippen LogP contribution in [0, 0.1) is 0 Å². The Bertz CT molecular complexity index is 92.2. The van der Waals surface area contributed by atoms with Gasteiger partial charge in [0.05, 0.1) is 0 Å². The topological polar surface area (TPSA) is 50.4 Å². The van der Waals surface area contributed by atoms with Crippen molar-refractivity contribution in [1.82, 2.24) is 5.43 Å². The van der Waals surface area contributed by atoms with Gasteiger partial charge in [-0.1, -0.05) is 0 Å². The van der Waals surface area contributed by atoms with E-state index in [2.05, 4.69) is 16.7 Å². The summed E-state index contributed by atoms with van der Waals surface area (Å²) < 4.78 is 0. The molecule has 0 heterocycles. The fourth-order valence-corrected chi connectivity index (χ4v) is 0.845. The van der Waals surface area contributed by atoms with Crippen molar-refractivity contribution in [3.63, 3.8) is 0 Å². The normalized spacial score (nSPS) is 11.7. The van der Waals surface area contributed by atoms with Gasteiger partial charge in [-0.25, -0.2) is 5.84 Å². The summed E-state index contributed by atoms with van der Waals surface area (Å²) in [5.41, 5.74) is 2.52. The molecule has 54 valence electrons. The van der Waals surface area contributed by atoms with Crippen LogP contribution in [0.2, 0.25) is 0 Å². The van der Waals surface area contributed by atoms with Gasteiger partial charge >= 0.3 is 0 Å². The highest BCUT2D eigenvalue weighted by atomic mass is 32.2. The molecule has 0 spiro atoms. The van der Waals surface area contributed by atoms with Crippen LogP contribution in [0.4, 0.5) is 0 Å². The molecule has 9 heavy (non-hydrogen) atoms. The number of thioether (sulfide) groups is 1. The zero-order chi connectivity index (χ0) is 7.11. The van der Waals surface area contributed by atoms with Crippen molar-refractivity contribution in [1.29, 1.82) is 0 Å². The summed E-state index contributed by atoms with van der Waals surface area (Å²) in [6, 6.07) is 0. The molecule has 0 aliphatic rings. The van der Waals surface area contributed by atoms with Gasteiger partial charge in [0.25, 0.3) is 0 Å². The number of amidine groups is 1. The molecule has 0 unspecified atom stereocenters. The predicted molar refractivity (Wildman–Crippen MR) is 43.7 cm³/mol. The molecule has 0 aromatic heterocycles. The van der Waals surface area contributed by atoms with E-state index in [1.807, 2.05) is 0 Å². The molecule has 0 rings (SSSR count). The van der Waals surface area contributed by atoms with E-state index in [0.717, 1.165) is 18.0 Å². The quantitative estimate of drug-likeness (QED) is 0.260. The molecular weight excluding hydrogens is 134 g/mol. The Hall–Kier alpha value is -0.220. The SMILES string of the molecule is CN=C(CCSC)NN. The van der Waals surface area contributed by atoms with E-state index < -0.39 is 0 Å². The third-order valence-corrected chi connectivity index (χ3v) is 1.59. The smallest absolute Gasteiger partial charge is 0.111 e. The maximum atomic E-state index is 5.13. The van der Waals surface area contributed by atoms with Gasteiger partial charge in [-0.05, 0) is 6.26 Å². The first-order valence-corrected chi connectivity index (χ1v) is 4.15. The van der Waals surface area contributed by atoms with E-state index >= 15 is 0 Å². The second-order valence-electron chi connectivity index (χ2n) is 1.56. The molecular formula is C5H13N3S. The van der Waals surface area contributed by atoms with Crippen LogP contribution < -0.4 is 11.3 Å². The molecule has 0 bridgehead atoms. The van der Waals surface area contributed by atoms with Crippen LogP contribution in [-0.4, -0.2) is 24.9 Å². The zero-order valence-electron chi connectivity index (χ0n) is 5.85. The van der Waals surface area contributed by atoms with Crippen LogP contribution in [0.25, 0.3) is 0 Å². The van der Waals surface area contributed by atoms with E-state index in [1.54, 1.807) is 18.8 Å². The molecule has 0 aliphatic carbocycles. The maximum absolute atomic E-state index is 5.13. The minimum atomic E-state index is 0.865. The Morgan fingerprint density at radius 3 is 2.78 bits per heavy atom. The van der Waals surface area contributed by atoms with E-state index in [9.17, 15) is 0 Å². The highest BCUT2D eigenvalue weighted by Gasteiger charge is 1.91. The molecule has 0 fully saturated rings. The molecule has 3 nitrogen and oxygen atoms in total. The number of nitrogens with zero attached hydrogens (tertiary/aromatic N) is 1. The number of aliphatic imine (C=N–C) groups is 1. The molecule has 0 saturated heterocycles. The standard InChI is InChI=1S/C5H13N3S/c1-7-5(8-6)3-4-9-2/h3-4,6H2,1-2H3,(H,7,8). The summed E-state index contributed by atoms with van der Waals surface area (Å²) in [4.78, 5) is 3.91. The Labute approximate surface area is 60.1 Å². The Morgan fingerprint density at radius 1 is 1.78 bits per heavy atom. The van der Waals surface area contributed by atoms with Crippen molar-refractivity contribution in [2.75, 3.05) is 19.1 Å². The number of hydrogen-bond donors (Lipinski definition) is 2. The van der Waals surface area contributed by atoms with Crippen LogP contribution in [0.1, 0.15) is 6.42 Å². The van der Waals surface area contributed by atoms with E-state index in [4.69, 9.17) is 5.84 Å². The lowest BCUT2D eigenvalue weighted by molar-refractivity contribution is 0.975. The van der Waals surface area contributed by atoms with Gasteiger partial charge in [-0.15, -0.1) is 0 Å². The molecule has 0 atom stereocenters. The lowest BCUT2D eigenvalue weighted by Crippen LogP contribution is -2.30. The zero-order valence-corrected chi connectivity index (χ0v) is 6.66.